The Hall–Kier alpha value is -0.900. The summed E-state index contributed by atoms with van der Waals surface area (Å²) >= 11 is 0. The van der Waals surface area contributed by atoms with E-state index in [-0.39, 0.29) is 0 Å². The van der Waals surface area contributed by atoms with Gasteiger partial charge < -0.3 is 0 Å². The van der Waals surface area contributed by atoms with Crippen LogP contribution in [0, 0.1) is 29.1 Å². The van der Waals surface area contributed by atoms with Crippen LogP contribution in [0.25, 0.3) is 0 Å². The quantitative estimate of drug-likeness (QED) is 0.0643. The van der Waals surface area contributed by atoms with Crippen molar-refractivity contribution in [3.8, 4) is 5.75 Å². The van der Waals surface area contributed by atoms with E-state index >= 15 is 0 Å². The molecule has 1 nitrogen and oxygen atoms in total. The zero-order chi connectivity index (χ0) is 24.9. The average Bonchev–Trinajstić information content (AvgIpc) is 2.83. The van der Waals surface area contributed by atoms with Crippen molar-refractivity contribution in [3.63, 3.8) is 0 Å². The fraction of sp³-hybridized carbons (Fsp3) is 0.769. The van der Waals surface area contributed by atoms with Gasteiger partial charge in [-0.1, -0.05) is 0 Å². The van der Waals surface area contributed by atoms with Gasteiger partial charge in [0.1, 0.15) is 0 Å². The SMILES string of the molecule is CCCCCCCCP(CCCC)(CCCC)(CCCC)Oc1c(F)c(F)c(F)c(F)c1F. The molecule has 0 aliphatic rings. The number of rotatable bonds is 18. The number of hydrogen-bond donors (Lipinski definition) is 0. The van der Waals surface area contributed by atoms with E-state index in [1.54, 1.807) is 0 Å². The van der Waals surface area contributed by atoms with Crippen molar-refractivity contribution in [2.75, 3.05) is 24.6 Å². The molecule has 0 spiro atoms. The van der Waals surface area contributed by atoms with Gasteiger partial charge in [0, 0.05) is 0 Å². The summed E-state index contributed by atoms with van der Waals surface area (Å²) in [5, 5.41) is 0. The summed E-state index contributed by atoms with van der Waals surface area (Å²) in [7, 11) is 0. The molecule has 1 aromatic rings. The van der Waals surface area contributed by atoms with Gasteiger partial charge in [-0.05, 0) is 0 Å². The summed E-state index contributed by atoms with van der Waals surface area (Å²) in [6, 6.07) is 0. The molecule has 1 rings (SSSR count). The molecule has 7 heteroatoms. The van der Waals surface area contributed by atoms with Crippen LogP contribution in [0.3, 0.4) is 0 Å². The number of hydrogen-bond acceptors (Lipinski definition) is 1. The van der Waals surface area contributed by atoms with Crippen LogP contribution in [0.15, 0.2) is 0 Å². The molecule has 33 heavy (non-hydrogen) atoms. The number of unbranched alkanes of at least 4 members (excludes halogenated alkanes) is 8. The molecule has 0 saturated heterocycles. The molecule has 0 radical (unpaired) electrons. The van der Waals surface area contributed by atoms with Crippen LogP contribution in [0.4, 0.5) is 22.0 Å². The molecule has 0 aliphatic carbocycles. The van der Waals surface area contributed by atoms with Crippen molar-refractivity contribution >= 4 is 6.83 Å². The fourth-order valence-corrected chi connectivity index (χ4v) is 11.5. The van der Waals surface area contributed by atoms with Crippen LogP contribution >= 0.6 is 6.83 Å². The molecular formula is C26H44F5OP. The van der Waals surface area contributed by atoms with Crippen LogP contribution in [-0.4, -0.2) is 24.6 Å². The molecule has 0 bridgehead atoms. The summed E-state index contributed by atoms with van der Waals surface area (Å²) in [4.78, 5) is 0. The molecule has 0 heterocycles. The Morgan fingerprint density at radius 1 is 0.455 bits per heavy atom. The van der Waals surface area contributed by atoms with Gasteiger partial charge in [-0.25, -0.2) is 0 Å². The summed E-state index contributed by atoms with van der Waals surface area (Å²) in [5.74, 6) is -10.7. The number of halogens is 5. The second-order valence-corrected chi connectivity index (χ2v) is 15.3. The summed E-state index contributed by atoms with van der Waals surface area (Å²) < 4.78 is 77.7. The Morgan fingerprint density at radius 2 is 0.788 bits per heavy atom. The Kier molecular flexibility index (Phi) is 13.2. The second-order valence-electron chi connectivity index (χ2n) is 9.57. The first-order chi connectivity index (χ1) is 15.7. The zero-order valence-corrected chi connectivity index (χ0v) is 22.0. The molecule has 0 N–H and O–H groups in total. The van der Waals surface area contributed by atoms with Crippen molar-refractivity contribution in [2.45, 2.75) is 105 Å². The molecule has 0 fully saturated rings. The van der Waals surface area contributed by atoms with Gasteiger partial charge >= 0.3 is 198 Å². The molecule has 194 valence electrons. The molecular weight excluding hydrogens is 454 g/mol. The molecule has 0 unspecified atom stereocenters. The maximum absolute atomic E-state index is 14.8. The van der Waals surface area contributed by atoms with Gasteiger partial charge in [0.25, 0.3) is 0 Å². The van der Waals surface area contributed by atoms with Gasteiger partial charge in [0.2, 0.25) is 0 Å². The molecule has 0 aromatic heterocycles. The van der Waals surface area contributed by atoms with E-state index in [0.717, 1.165) is 70.6 Å². The average molecular weight is 499 g/mol. The summed E-state index contributed by atoms with van der Waals surface area (Å²) in [6.45, 7) is 5.02. The Balaban J connectivity index is 3.51. The normalized spacial score (nSPS) is 13.2. The van der Waals surface area contributed by atoms with E-state index in [2.05, 4.69) is 6.92 Å². The zero-order valence-electron chi connectivity index (χ0n) is 21.1. The fourth-order valence-electron chi connectivity index (χ4n) is 4.74. The van der Waals surface area contributed by atoms with Gasteiger partial charge in [-0.3, -0.25) is 0 Å². The second kappa shape index (κ2) is 14.5. The third-order valence-electron chi connectivity index (χ3n) is 6.83. The predicted molar refractivity (Wildman–Crippen MR) is 131 cm³/mol. The Morgan fingerprint density at radius 3 is 1.21 bits per heavy atom. The predicted octanol–water partition coefficient (Wildman–Crippen LogP) is 9.99. The maximum atomic E-state index is 14.8. The van der Waals surface area contributed by atoms with E-state index < -0.39 is 41.7 Å². The summed E-state index contributed by atoms with van der Waals surface area (Å²) in [5.41, 5.74) is 0. The van der Waals surface area contributed by atoms with Crippen molar-refractivity contribution in [3.05, 3.63) is 29.1 Å². The van der Waals surface area contributed by atoms with E-state index in [0.29, 0.717) is 24.6 Å². The first kappa shape index (κ1) is 30.1. The minimum atomic E-state index is -3.29. The molecule has 0 atom stereocenters. The van der Waals surface area contributed by atoms with Gasteiger partial charge in [-0.15, -0.1) is 0 Å². The van der Waals surface area contributed by atoms with Crippen molar-refractivity contribution in [1.82, 2.24) is 0 Å². The monoisotopic (exact) mass is 498 g/mol. The van der Waals surface area contributed by atoms with Crippen LogP contribution in [-0.2, 0) is 0 Å². The van der Waals surface area contributed by atoms with Crippen molar-refractivity contribution < 1.29 is 26.5 Å². The number of benzene rings is 1. The van der Waals surface area contributed by atoms with E-state index in [9.17, 15) is 22.0 Å². The van der Waals surface area contributed by atoms with Crippen LogP contribution in [0.1, 0.15) is 105 Å². The molecule has 0 aliphatic heterocycles. The van der Waals surface area contributed by atoms with Crippen LogP contribution < -0.4 is 4.52 Å². The standard InChI is InChI=1S/C26H44F5OP/c1-5-9-13-14-15-16-20-33(17-10-6-2,18-11-7-3,19-12-8-4)32-26-24(30)22(28)21(27)23(29)25(26)31/h5-20H2,1-4H3. The first-order valence-corrected chi connectivity index (χ1v) is 15.8. The van der Waals surface area contributed by atoms with E-state index in [1.807, 2.05) is 20.8 Å². The van der Waals surface area contributed by atoms with Crippen LogP contribution in [0.5, 0.6) is 5.75 Å². The molecule has 0 saturated carbocycles. The third kappa shape index (κ3) is 8.08. The third-order valence-corrected chi connectivity index (χ3v) is 13.3. The topological polar surface area (TPSA) is 9.23 Å². The van der Waals surface area contributed by atoms with E-state index in [1.165, 1.54) is 6.42 Å². The van der Waals surface area contributed by atoms with Gasteiger partial charge in [-0.2, -0.15) is 0 Å². The molecule has 0 amide bonds. The van der Waals surface area contributed by atoms with E-state index in [4.69, 9.17) is 4.52 Å². The Bertz CT molecular complexity index is 672. The summed E-state index contributed by atoms with van der Waals surface area (Å²) in [6.07, 6.45) is 14.1. The van der Waals surface area contributed by atoms with Crippen molar-refractivity contribution in [2.24, 2.45) is 0 Å². The minimum absolute atomic E-state index is 0.663. The first-order valence-electron chi connectivity index (χ1n) is 12.9. The van der Waals surface area contributed by atoms with Crippen molar-refractivity contribution in [1.29, 1.82) is 0 Å². The van der Waals surface area contributed by atoms with Crippen LogP contribution in [0.2, 0.25) is 0 Å². The van der Waals surface area contributed by atoms with Gasteiger partial charge in [0.15, 0.2) is 0 Å². The Labute approximate surface area is 197 Å². The van der Waals surface area contributed by atoms with Gasteiger partial charge in [0.05, 0.1) is 0 Å². The molecule has 1 aromatic carbocycles.